The summed E-state index contributed by atoms with van der Waals surface area (Å²) in [7, 11) is 1.82. The molecule has 0 saturated heterocycles. The molecule has 1 aromatic carbocycles. The lowest BCUT2D eigenvalue weighted by Gasteiger charge is -2.32. The zero-order valence-electron chi connectivity index (χ0n) is 17.9. The number of ketones is 1. The van der Waals surface area contributed by atoms with Gasteiger partial charge in [-0.05, 0) is 67.7 Å². The zero-order chi connectivity index (χ0) is 19.6. The van der Waals surface area contributed by atoms with Gasteiger partial charge in [-0.15, -0.1) is 0 Å². The number of rotatable bonds is 8. The number of methoxy groups -OCH3 is 1. The van der Waals surface area contributed by atoms with Crippen LogP contribution in [0.3, 0.4) is 0 Å². The van der Waals surface area contributed by atoms with E-state index in [0.717, 1.165) is 37.7 Å². The molecule has 2 aliphatic rings. The van der Waals surface area contributed by atoms with E-state index in [4.69, 9.17) is 4.74 Å². The highest BCUT2D eigenvalue weighted by Crippen LogP contribution is 2.48. The molecule has 2 nitrogen and oxygen atoms in total. The molecule has 2 unspecified atom stereocenters. The van der Waals surface area contributed by atoms with Crippen LogP contribution in [0.1, 0.15) is 87.0 Å². The van der Waals surface area contributed by atoms with Gasteiger partial charge in [0.2, 0.25) is 0 Å². The predicted octanol–water partition coefficient (Wildman–Crippen LogP) is 6.22. The van der Waals surface area contributed by atoms with Crippen LogP contribution in [-0.4, -0.2) is 19.0 Å². The summed E-state index contributed by atoms with van der Waals surface area (Å²) < 4.78 is 5.71. The number of ether oxygens (including phenoxy) is 1. The summed E-state index contributed by atoms with van der Waals surface area (Å²) in [5.41, 5.74) is 8.25. The summed E-state index contributed by atoms with van der Waals surface area (Å²) in [6, 6.07) is 4.63. The Hall–Kier alpha value is -1.41. The summed E-state index contributed by atoms with van der Waals surface area (Å²) in [5.74, 6) is 1.20. The number of aryl methyl sites for hydroxylation is 2. The minimum atomic E-state index is 0.284. The maximum atomic E-state index is 12.9. The first-order chi connectivity index (χ1) is 13.0. The molecular formula is C25H36O2. The van der Waals surface area contributed by atoms with E-state index in [1.165, 1.54) is 47.1 Å². The maximum absolute atomic E-state index is 12.9. The Morgan fingerprint density at radius 3 is 2.63 bits per heavy atom. The van der Waals surface area contributed by atoms with Gasteiger partial charge >= 0.3 is 0 Å². The van der Waals surface area contributed by atoms with Gasteiger partial charge < -0.3 is 4.74 Å². The van der Waals surface area contributed by atoms with Crippen molar-refractivity contribution < 1.29 is 9.53 Å². The third-order valence-corrected chi connectivity index (χ3v) is 6.72. The van der Waals surface area contributed by atoms with E-state index < -0.39 is 0 Å². The number of fused-ring (bicyclic) bond motifs is 2. The Balaban J connectivity index is 1.81. The monoisotopic (exact) mass is 368 g/mol. The lowest BCUT2D eigenvalue weighted by Crippen LogP contribution is -2.20. The number of hydrogen-bond donors (Lipinski definition) is 0. The van der Waals surface area contributed by atoms with Crippen molar-refractivity contribution in [2.75, 3.05) is 7.11 Å². The van der Waals surface area contributed by atoms with Crippen molar-refractivity contribution >= 4 is 5.78 Å². The smallest absolute Gasteiger partial charge is 0.159 e. The van der Waals surface area contributed by atoms with Crippen molar-refractivity contribution in [3.05, 3.63) is 45.5 Å². The summed E-state index contributed by atoms with van der Waals surface area (Å²) in [4.78, 5) is 12.9. The van der Waals surface area contributed by atoms with Gasteiger partial charge in [0, 0.05) is 19.4 Å². The van der Waals surface area contributed by atoms with Crippen molar-refractivity contribution in [3.8, 4) is 0 Å². The van der Waals surface area contributed by atoms with Crippen molar-refractivity contribution in [1.29, 1.82) is 0 Å². The normalized spacial score (nSPS) is 22.8. The molecule has 0 spiro atoms. The van der Waals surface area contributed by atoms with Gasteiger partial charge in [-0.1, -0.05) is 56.4 Å². The van der Waals surface area contributed by atoms with Crippen LogP contribution in [0.25, 0.3) is 0 Å². The molecule has 0 aliphatic heterocycles. The molecule has 0 fully saturated rings. The van der Waals surface area contributed by atoms with Crippen molar-refractivity contribution in [2.24, 2.45) is 5.92 Å². The van der Waals surface area contributed by atoms with E-state index in [2.05, 4.69) is 39.8 Å². The largest absolute Gasteiger partial charge is 0.381 e. The molecule has 0 amide bonds. The minimum Gasteiger partial charge on any atom is -0.381 e. The molecule has 0 radical (unpaired) electrons. The van der Waals surface area contributed by atoms with Gasteiger partial charge in [-0.3, -0.25) is 4.79 Å². The van der Waals surface area contributed by atoms with E-state index in [-0.39, 0.29) is 6.10 Å². The van der Waals surface area contributed by atoms with Crippen molar-refractivity contribution in [2.45, 2.75) is 91.1 Å². The van der Waals surface area contributed by atoms with Crippen LogP contribution in [0.4, 0.5) is 0 Å². The molecule has 148 valence electrons. The van der Waals surface area contributed by atoms with Crippen LogP contribution < -0.4 is 0 Å². The van der Waals surface area contributed by atoms with E-state index in [1.807, 2.05) is 7.11 Å². The Morgan fingerprint density at radius 1 is 1.15 bits per heavy atom. The molecular weight excluding hydrogens is 332 g/mol. The van der Waals surface area contributed by atoms with Gasteiger partial charge in [-0.2, -0.15) is 0 Å². The Kier molecular flexibility index (Phi) is 6.57. The first-order valence-electron chi connectivity index (χ1n) is 10.8. The molecule has 3 atom stereocenters. The number of benzene rings is 1. The quantitative estimate of drug-likeness (QED) is 0.509. The Labute approximate surface area is 165 Å². The van der Waals surface area contributed by atoms with E-state index in [0.29, 0.717) is 17.6 Å². The minimum absolute atomic E-state index is 0.284. The van der Waals surface area contributed by atoms with Gasteiger partial charge in [0.15, 0.2) is 5.78 Å². The summed E-state index contributed by atoms with van der Waals surface area (Å²) in [6.45, 7) is 8.96. The van der Waals surface area contributed by atoms with Crippen LogP contribution in [0.2, 0.25) is 0 Å². The zero-order valence-corrected chi connectivity index (χ0v) is 17.9. The molecule has 0 bridgehead atoms. The highest BCUT2D eigenvalue weighted by molar-refractivity contribution is 5.99. The topological polar surface area (TPSA) is 26.3 Å². The van der Waals surface area contributed by atoms with Gasteiger partial charge in [0.1, 0.15) is 0 Å². The molecule has 3 rings (SSSR count). The average molecular weight is 369 g/mol. The molecule has 1 aromatic rings. The Morgan fingerprint density at radius 2 is 1.93 bits per heavy atom. The molecule has 27 heavy (non-hydrogen) atoms. The third-order valence-electron chi connectivity index (χ3n) is 6.72. The molecule has 0 saturated carbocycles. The fraction of sp³-hybridized carbons (Fsp3) is 0.640. The van der Waals surface area contributed by atoms with Crippen LogP contribution in [0.15, 0.2) is 23.3 Å². The van der Waals surface area contributed by atoms with Crippen molar-refractivity contribution in [3.63, 3.8) is 0 Å². The standard InChI is InChI=1S/C25H36O2/c1-6-7-8-9-21(27-5)10-11-22-23(26)15-20-14-19-13-16(2)12-17(3)24(19)18(4)25(20)22/h12-13,18,20-21H,6-11,14-15H2,1-5H3/t18?,20?,21-/m0/s1. The number of Topliss-reactive ketones (excluding diaryl/α,β-unsaturated/α-hetero) is 1. The van der Waals surface area contributed by atoms with Crippen LogP contribution >= 0.6 is 0 Å². The molecule has 2 aliphatic carbocycles. The summed E-state index contributed by atoms with van der Waals surface area (Å²) in [6.07, 6.45) is 8.74. The predicted molar refractivity (Wildman–Crippen MR) is 112 cm³/mol. The van der Waals surface area contributed by atoms with Gasteiger partial charge in [0.05, 0.1) is 6.10 Å². The molecule has 0 aromatic heterocycles. The average Bonchev–Trinajstić information content (AvgIpc) is 2.92. The molecule has 0 heterocycles. The summed E-state index contributed by atoms with van der Waals surface area (Å²) in [5, 5.41) is 0. The lowest BCUT2D eigenvalue weighted by molar-refractivity contribution is -0.115. The van der Waals surface area contributed by atoms with Crippen LogP contribution in [0.5, 0.6) is 0 Å². The number of carbonyl (C=O) groups excluding carboxylic acids is 1. The lowest BCUT2D eigenvalue weighted by atomic mass is 9.72. The number of unbranched alkanes of at least 4 members (excludes halogenated alkanes) is 2. The highest BCUT2D eigenvalue weighted by Gasteiger charge is 2.39. The van der Waals surface area contributed by atoms with Gasteiger partial charge in [0.25, 0.3) is 0 Å². The number of carbonyl (C=O) groups is 1. The molecule has 0 N–H and O–H groups in total. The second kappa shape index (κ2) is 8.73. The summed E-state index contributed by atoms with van der Waals surface area (Å²) >= 11 is 0. The highest BCUT2D eigenvalue weighted by atomic mass is 16.5. The maximum Gasteiger partial charge on any atom is 0.159 e. The first-order valence-corrected chi connectivity index (χ1v) is 10.8. The van der Waals surface area contributed by atoms with Crippen LogP contribution in [0, 0.1) is 19.8 Å². The third kappa shape index (κ3) is 4.21. The van der Waals surface area contributed by atoms with E-state index >= 15 is 0 Å². The van der Waals surface area contributed by atoms with Crippen LogP contribution in [-0.2, 0) is 16.0 Å². The number of allylic oxidation sites excluding steroid dienone is 2. The second-order valence-corrected chi connectivity index (χ2v) is 8.73. The van der Waals surface area contributed by atoms with E-state index in [1.54, 1.807) is 0 Å². The van der Waals surface area contributed by atoms with E-state index in [9.17, 15) is 4.79 Å². The Bertz CT molecular complexity index is 728. The fourth-order valence-electron chi connectivity index (χ4n) is 5.53. The van der Waals surface area contributed by atoms with Crippen molar-refractivity contribution in [1.82, 2.24) is 0 Å². The van der Waals surface area contributed by atoms with Gasteiger partial charge in [-0.25, -0.2) is 0 Å². The second-order valence-electron chi connectivity index (χ2n) is 8.73. The fourth-order valence-corrected chi connectivity index (χ4v) is 5.53. The molecule has 2 heteroatoms. The number of hydrogen-bond acceptors (Lipinski definition) is 2. The SMILES string of the molecule is CCCCC[C@@H](CCC1=C2C(CC1=O)Cc1cc(C)cc(C)c1C2C)OC. The first kappa shape index (κ1) is 20.3.